The molecule has 0 aliphatic rings. The minimum Gasteiger partial charge on any atom is -0.326 e. The molecule has 0 aromatic carbocycles. The molecule has 0 atom stereocenters. The van der Waals surface area contributed by atoms with Crippen LogP contribution in [0.3, 0.4) is 0 Å². The van der Waals surface area contributed by atoms with Gasteiger partial charge in [-0.15, -0.1) is 0 Å². The number of nitrogens with two attached hydrogens (primary N) is 1. The summed E-state index contributed by atoms with van der Waals surface area (Å²) in [5, 5.41) is 5.16. The van der Waals surface area contributed by atoms with Crippen molar-refractivity contribution in [3.63, 3.8) is 0 Å². The minimum absolute atomic E-state index is 0.136. The molecule has 0 aliphatic carbocycles. The van der Waals surface area contributed by atoms with Gasteiger partial charge in [0, 0.05) is 24.5 Å². The monoisotopic (exact) mass is 192 g/mol. The van der Waals surface area contributed by atoms with Crippen molar-refractivity contribution in [2.24, 2.45) is 12.8 Å². The molecule has 3 N–H and O–H groups in total. The van der Waals surface area contributed by atoms with Crippen LogP contribution in [0.1, 0.15) is 11.3 Å². The highest BCUT2D eigenvalue weighted by Gasteiger charge is 2.07. The van der Waals surface area contributed by atoms with E-state index in [0.29, 0.717) is 5.56 Å². The molecule has 0 amide bonds. The second kappa shape index (κ2) is 2.95. The highest BCUT2D eigenvalue weighted by Crippen LogP contribution is 2.13. The van der Waals surface area contributed by atoms with Crippen LogP contribution in [0.15, 0.2) is 10.9 Å². The van der Waals surface area contributed by atoms with E-state index in [4.69, 9.17) is 5.73 Å². The van der Waals surface area contributed by atoms with E-state index in [1.807, 2.05) is 6.92 Å². The first-order valence-electron chi connectivity index (χ1n) is 4.39. The number of rotatable bonds is 1. The topological polar surface area (TPSA) is 76.7 Å². The predicted octanol–water partition coefficient (Wildman–Crippen LogP) is 0.0287. The maximum Gasteiger partial charge on any atom is 0.254 e. The molecule has 2 aromatic heterocycles. The zero-order valence-electron chi connectivity index (χ0n) is 8.16. The summed E-state index contributed by atoms with van der Waals surface area (Å²) in [6.45, 7) is 2.15. The lowest BCUT2D eigenvalue weighted by atomic mass is 10.2. The summed E-state index contributed by atoms with van der Waals surface area (Å²) >= 11 is 0. The molecule has 0 aliphatic heterocycles. The molecule has 0 spiro atoms. The second-order valence-electron chi connectivity index (χ2n) is 3.30. The first-order chi connectivity index (χ1) is 6.63. The van der Waals surface area contributed by atoms with Gasteiger partial charge in [-0.05, 0) is 13.0 Å². The van der Waals surface area contributed by atoms with E-state index in [1.54, 1.807) is 17.8 Å². The molecule has 0 saturated heterocycles. The Balaban J connectivity index is 2.89. The maximum atomic E-state index is 11.4. The number of nitrogens with zero attached hydrogens (tertiary/aromatic N) is 2. The summed E-state index contributed by atoms with van der Waals surface area (Å²) < 4.78 is 1.66. The maximum absolute atomic E-state index is 11.4. The Hall–Kier alpha value is -1.62. The minimum atomic E-state index is -0.136. The third kappa shape index (κ3) is 1.13. The smallest absolute Gasteiger partial charge is 0.254 e. The van der Waals surface area contributed by atoms with Crippen LogP contribution >= 0.6 is 0 Å². The van der Waals surface area contributed by atoms with Crippen LogP contribution in [0.25, 0.3) is 11.0 Å². The van der Waals surface area contributed by atoms with Crippen molar-refractivity contribution < 1.29 is 0 Å². The zero-order chi connectivity index (χ0) is 10.3. The molecule has 0 unspecified atom stereocenters. The molecular weight excluding hydrogens is 180 g/mol. The molecule has 2 rings (SSSR count). The van der Waals surface area contributed by atoms with Gasteiger partial charge in [-0.25, -0.2) is 0 Å². The number of aromatic nitrogens is 3. The molecule has 2 aromatic rings. The Morgan fingerprint density at radius 3 is 3.00 bits per heavy atom. The van der Waals surface area contributed by atoms with E-state index in [1.165, 1.54) is 0 Å². The fourth-order valence-corrected chi connectivity index (χ4v) is 1.57. The molecule has 0 bridgehead atoms. The summed E-state index contributed by atoms with van der Waals surface area (Å²) in [5.41, 5.74) is 7.54. The molecular formula is C9H12N4O. The summed E-state index contributed by atoms with van der Waals surface area (Å²) in [5.74, 6) is 0. The van der Waals surface area contributed by atoms with Crippen LogP contribution in [0.4, 0.5) is 0 Å². The van der Waals surface area contributed by atoms with Gasteiger partial charge in [0.25, 0.3) is 5.56 Å². The van der Waals surface area contributed by atoms with Crippen molar-refractivity contribution in [3.8, 4) is 0 Å². The van der Waals surface area contributed by atoms with E-state index in [2.05, 4.69) is 10.1 Å². The van der Waals surface area contributed by atoms with Gasteiger partial charge in [-0.2, -0.15) is 5.10 Å². The van der Waals surface area contributed by atoms with Crippen LogP contribution in [0, 0.1) is 6.92 Å². The average molecular weight is 192 g/mol. The van der Waals surface area contributed by atoms with Gasteiger partial charge in [0.1, 0.15) is 5.65 Å². The third-order valence-corrected chi connectivity index (χ3v) is 2.33. The van der Waals surface area contributed by atoms with Gasteiger partial charge in [0.15, 0.2) is 0 Å². The Morgan fingerprint density at radius 2 is 2.36 bits per heavy atom. The number of H-pyrrole nitrogens is 1. The van der Waals surface area contributed by atoms with Gasteiger partial charge in [0.05, 0.1) is 5.69 Å². The fourth-order valence-electron chi connectivity index (χ4n) is 1.57. The van der Waals surface area contributed by atoms with Crippen LogP contribution in [0.5, 0.6) is 0 Å². The average Bonchev–Trinajstić information content (AvgIpc) is 2.41. The summed E-state index contributed by atoms with van der Waals surface area (Å²) in [4.78, 5) is 14.2. The molecule has 74 valence electrons. The van der Waals surface area contributed by atoms with E-state index in [-0.39, 0.29) is 12.1 Å². The number of pyridine rings is 1. The van der Waals surface area contributed by atoms with Gasteiger partial charge >= 0.3 is 0 Å². The molecule has 2 heterocycles. The number of nitrogens with one attached hydrogen (secondary N) is 1. The lowest BCUT2D eigenvalue weighted by Crippen LogP contribution is -2.16. The SMILES string of the molecule is Cc1nn(C)c2[nH]c(=O)c(CN)cc12. The first-order valence-corrected chi connectivity index (χ1v) is 4.39. The van der Waals surface area contributed by atoms with Gasteiger partial charge in [-0.1, -0.05) is 0 Å². The summed E-state index contributed by atoms with van der Waals surface area (Å²) in [6, 6.07) is 1.80. The standard InChI is InChI=1S/C9H12N4O/c1-5-7-3-6(4-10)9(14)11-8(7)13(2)12-5/h3H,4,10H2,1-2H3,(H,11,14). The Labute approximate surface area is 80.5 Å². The van der Waals surface area contributed by atoms with Gasteiger partial charge < -0.3 is 10.7 Å². The second-order valence-corrected chi connectivity index (χ2v) is 3.30. The van der Waals surface area contributed by atoms with E-state index >= 15 is 0 Å². The quantitative estimate of drug-likeness (QED) is 0.669. The molecule has 0 saturated carbocycles. The lowest BCUT2D eigenvalue weighted by Gasteiger charge is -1.97. The Kier molecular flexibility index (Phi) is 1.89. The van der Waals surface area contributed by atoms with Crippen molar-refractivity contribution >= 4 is 11.0 Å². The van der Waals surface area contributed by atoms with Crippen LogP contribution < -0.4 is 11.3 Å². The van der Waals surface area contributed by atoms with Gasteiger partial charge in [0.2, 0.25) is 0 Å². The number of hydrogen-bond donors (Lipinski definition) is 2. The van der Waals surface area contributed by atoms with Crippen LogP contribution in [-0.2, 0) is 13.6 Å². The summed E-state index contributed by atoms with van der Waals surface area (Å²) in [6.07, 6.45) is 0. The van der Waals surface area contributed by atoms with Crippen molar-refractivity contribution in [2.45, 2.75) is 13.5 Å². The largest absolute Gasteiger partial charge is 0.326 e. The van der Waals surface area contributed by atoms with Gasteiger partial charge in [-0.3, -0.25) is 9.48 Å². The highest BCUT2D eigenvalue weighted by atomic mass is 16.1. The molecule has 5 nitrogen and oxygen atoms in total. The number of aryl methyl sites for hydroxylation is 2. The normalized spacial score (nSPS) is 11.1. The van der Waals surface area contributed by atoms with Crippen LogP contribution in [-0.4, -0.2) is 14.8 Å². The van der Waals surface area contributed by atoms with E-state index < -0.39 is 0 Å². The highest BCUT2D eigenvalue weighted by molar-refractivity contribution is 5.78. The Morgan fingerprint density at radius 1 is 1.64 bits per heavy atom. The first kappa shape index (κ1) is 8.96. The molecule has 0 fully saturated rings. The van der Waals surface area contributed by atoms with E-state index in [9.17, 15) is 4.79 Å². The Bertz CT molecular complexity index is 537. The van der Waals surface area contributed by atoms with Crippen molar-refractivity contribution in [1.29, 1.82) is 0 Å². The van der Waals surface area contributed by atoms with Crippen molar-refractivity contribution in [2.75, 3.05) is 0 Å². The third-order valence-electron chi connectivity index (χ3n) is 2.33. The molecule has 0 radical (unpaired) electrons. The van der Waals surface area contributed by atoms with Crippen molar-refractivity contribution in [1.82, 2.24) is 14.8 Å². The van der Waals surface area contributed by atoms with E-state index in [0.717, 1.165) is 16.7 Å². The number of aromatic amines is 1. The predicted molar refractivity (Wildman–Crippen MR) is 54.0 cm³/mol. The van der Waals surface area contributed by atoms with Crippen molar-refractivity contribution in [3.05, 3.63) is 27.7 Å². The number of fused-ring (bicyclic) bond motifs is 1. The summed E-state index contributed by atoms with van der Waals surface area (Å²) in [7, 11) is 1.80. The fraction of sp³-hybridized carbons (Fsp3) is 0.333. The molecule has 5 heteroatoms. The molecule has 14 heavy (non-hydrogen) atoms. The van der Waals surface area contributed by atoms with Crippen LogP contribution in [0.2, 0.25) is 0 Å². The number of hydrogen-bond acceptors (Lipinski definition) is 3. The lowest BCUT2D eigenvalue weighted by molar-refractivity contribution is 0.772. The zero-order valence-corrected chi connectivity index (χ0v) is 8.16.